The highest BCUT2D eigenvalue weighted by molar-refractivity contribution is 7.89. The minimum atomic E-state index is -3.49. The van der Waals surface area contributed by atoms with Crippen LogP contribution in [0.1, 0.15) is 5.56 Å². The molecule has 25 heavy (non-hydrogen) atoms. The number of hydrogen-bond donors (Lipinski definition) is 1. The standard InChI is InChI=1S/C17H17ClN2O4S/c1-20(2)25(22,23)14-6-4-13(5-7-14)19-17(21)16-10-11-9-12(18)3-8-15(11)24-16/h3-9,16H,10H2,1-2H3,(H,19,21)/t16-/m1/s1. The molecule has 0 radical (unpaired) electrons. The number of amides is 1. The second-order valence-electron chi connectivity index (χ2n) is 5.86. The third kappa shape index (κ3) is 3.63. The molecule has 0 fully saturated rings. The molecule has 132 valence electrons. The van der Waals surface area contributed by atoms with E-state index in [1.807, 2.05) is 0 Å². The molecule has 6 nitrogen and oxygen atoms in total. The quantitative estimate of drug-likeness (QED) is 0.884. The van der Waals surface area contributed by atoms with Crippen LogP contribution >= 0.6 is 11.6 Å². The monoisotopic (exact) mass is 380 g/mol. The molecule has 0 unspecified atom stereocenters. The molecule has 0 saturated heterocycles. The lowest BCUT2D eigenvalue weighted by molar-refractivity contribution is -0.122. The van der Waals surface area contributed by atoms with Gasteiger partial charge < -0.3 is 10.1 Å². The van der Waals surface area contributed by atoms with Crippen molar-refractivity contribution in [3.8, 4) is 5.75 Å². The number of rotatable bonds is 4. The Morgan fingerprint density at radius 1 is 1.20 bits per heavy atom. The van der Waals surface area contributed by atoms with Gasteiger partial charge in [0, 0.05) is 31.2 Å². The number of benzene rings is 2. The minimum absolute atomic E-state index is 0.162. The van der Waals surface area contributed by atoms with Crippen LogP contribution in [0.3, 0.4) is 0 Å². The van der Waals surface area contributed by atoms with E-state index in [2.05, 4.69) is 5.32 Å². The average Bonchev–Trinajstić information content (AvgIpc) is 2.98. The first kappa shape index (κ1) is 17.7. The average molecular weight is 381 g/mol. The SMILES string of the molecule is CN(C)S(=O)(=O)c1ccc(NC(=O)[C@H]2Cc3cc(Cl)ccc3O2)cc1. The molecular weight excluding hydrogens is 364 g/mol. The summed E-state index contributed by atoms with van der Waals surface area (Å²) in [7, 11) is -0.565. The van der Waals surface area contributed by atoms with E-state index >= 15 is 0 Å². The fraction of sp³-hybridized carbons (Fsp3) is 0.235. The van der Waals surface area contributed by atoms with Crippen LogP contribution in [0.4, 0.5) is 5.69 Å². The Bertz CT molecular complexity index is 911. The molecule has 1 atom stereocenters. The van der Waals surface area contributed by atoms with E-state index in [1.54, 1.807) is 30.3 Å². The Kier molecular flexibility index (Phi) is 4.73. The maximum atomic E-state index is 12.4. The molecule has 1 amide bonds. The maximum Gasteiger partial charge on any atom is 0.265 e. The number of fused-ring (bicyclic) bond motifs is 1. The number of hydrogen-bond acceptors (Lipinski definition) is 4. The highest BCUT2D eigenvalue weighted by Crippen LogP contribution is 2.31. The van der Waals surface area contributed by atoms with E-state index in [9.17, 15) is 13.2 Å². The predicted molar refractivity (Wildman–Crippen MR) is 95.5 cm³/mol. The van der Waals surface area contributed by atoms with E-state index < -0.39 is 16.1 Å². The van der Waals surface area contributed by atoms with Crippen molar-refractivity contribution in [2.24, 2.45) is 0 Å². The van der Waals surface area contributed by atoms with Gasteiger partial charge in [0.25, 0.3) is 5.91 Å². The molecule has 1 aliphatic rings. The summed E-state index contributed by atoms with van der Waals surface area (Å²) in [6.45, 7) is 0. The molecule has 1 aliphatic heterocycles. The molecule has 1 N–H and O–H groups in total. The molecule has 0 bridgehead atoms. The topological polar surface area (TPSA) is 75.7 Å². The van der Waals surface area contributed by atoms with Crippen molar-refractivity contribution in [1.82, 2.24) is 4.31 Å². The van der Waals surface area contributed by atoms with Crippen LogP contribution in [0, 0.1) is 0 Å². The van der Waals surface area contributed by atoms with Crippen LogP contribution in [-0.4, -0.2) is 38.8 Å². The van der Waals surface area contributed by atoms with Crippen LogP contribution in [0.5, 0.6) is 5.75 Å². The summed E-state index contributed by atoms with van der Waals surface area (Å²) in [6, 6.07) is 11.2. The first-order chi connectivity index (χ1) is 11.8. The summed E-state index contributed by atoms with van der Waals surface area (Å²) < 4.78 is 30.8. The molecule has 0 saturated carbocycles. The second-order valence-corrected chi connectivity index (χ2v) is 8.45. The van der Waals surface area contributed by atoms with Gasteiger partial charge in [-0.1, -0.05) is 11.6 Å². The Hall–Kier alpha value is -2.09. The predicted octanol–water partition coefficient (Wildman–Crippen LogP) is 2.53. The van der Waals surface area contributed by atoms with Gasteiger partial charge in [0.1, 0.15) is 5.75 Å². The van der Waals surface area contributed by atoms with Crippen LogP contribution in [-0.2, 0) is 21.2 Å². The van der Waals surface area contributed by atoms with Crippen molar-refractivity contribution in [3.05, 3.63) is 53.1 Å². The van der Waals surface area contributed by atoms with Gasteiger partial charge in [0.15, 0.2) is 6.10 Å². The molecule has 2 aromatic carbocycles. The van der Waals surface area contributed by atoms with Crippen molar-refractivity contribution in [1.29, 1.82) is 0 Å². The van der Waals surface area contributed by atoms with E-state index in [4.69, 9.17) is 16.3 Å². The summed E-state index contributed by atoms with van der Waals surface area (Å²) in [6.07, 6.45) is -0.201. The molecular formula is C17H17ClN2O4S. The van der Waals surface area contributed by atoms with Crippen LogP contribution in [0.25, 0.3) is 0 Å². The van der Waals surface area contributed by atoms with Gasteiger partial charge in [-0.3, -0.25) is 4.79 Å². The van der Waals surface area contributed by atoms with E-state index in [0.717, 1.165) is 9.87 Å². The zero-order chi connectivity index (χ0) is 18.2. The molecule has 0 aliphatic carbocycles. The summed E-state index contributed by atoms with van der Waals surface area (Å²) in [5.41, 5.74) is 1.39. The van der Waals surface area contributed by atoms with Gasteiger partial charge >= 0.3 is 0 Å². The number of carbonyl (C=O) groups is 1. The Balaban J connectivity index is 1.68. The summed E-state index contributed by atoms with van der Waals surface area (Å²) in [5.74, 6) is 0.354. The largest absolute Gasteiger partial charge is 0.480 e. The first-order valence-corrected chi connectivity index (χ1v) is 9.38. The molecule has 0 spiro atoms. The second kappa shape index (κ2) is 6.67. The van der Waals surface area contributed by atoms with Crippen molar-refractivity contribution in [2.45, 2.75) is 17.4 Å². The van der Waals surface area contributed by atoms with Crippen LogP contribution < -0.4 is 10.1 Å². The van der Waals surface area contributed by atoms with Gasteiger partial charge in [-0.15, -0.1) is 0 Å². The number of nitrogens with zero attached hydrogens (tertiary/aromatic N) is 1. The Morgan fingerprint density at radius 3 is 2.52 bits per heavy atom. The molecule has 2 aromatic rings. The fourth-order valence-corrected chi connectivity index (χ4v) is 3.60. The molecule has 8 heteroatoms. The van der Waals surface area contributed by atoms with Gasteiger partial charge in [-0.2, -0.15) is 0 Å². The zero-order valence-corrected chi connectivity index (χ0v) is 15.3. The van der Waals surface area contributed by atoms with E-state index in [0.29, 0.717) is 22.9 Å². The maximum absolute atomic E-state index is 12.4. The van der Waals surface area contributed by atoms with Gasteiger partial charge in [0.05, 0.1) is 4.90 Å². The lowest BCUT2D eigenvalue weighted by atomic mass is 10.1. The Labute approximate surface area is 151 Å². The highest BCUT2D eigenvalue weighted by Gasteiger charge is 2.29. The summed E-state index contributed by atoms with van der Waals surface area (Å²) in [4.78, 5) is 12.5. The normalized spacial score (nSPS) is 16.4. The molecule has 1 heterocycles. The van der Waals surface area contributed by atoms with Crippen molar-refractivity contribution in [3.63, 3.8) is 0 Å². The Morgan fingerprint density at radius 2 is 1.88 bits per heavy atom. The number of sulfonamides is 1. The summed E-state index contributed by atoms with van der Waals surface area (Å²) >= 11 is 5.95. The number of ether oxygens (including phenoxy) is 1. The third-order valence-corrected chi connectivity index (χ3v) is 5.95. The lowest BCUT2D eigenvalue weighted by Crippen LogP contribution is -2.31. The highest BCUT2D eigenvalue weighted by atomic mass is 35.5. The molecule has 0 aromatic heterocycles. The minimum Gasteiger partial charge on any atom is -0.480 e. The smallest absolute Gasteiger partial charge is 0.265 e. The third-order valence-electron chi connectivity index (χ3n) is 3.89. The number of carbonyl (C=O) groups excluding carboxylic acids is 1. The van der Waals surface area contributed by atoms with Gasteiger partial charge in [-0.05, 0) is 48.0 Å². The van der Waals surface area contributed by atoms with Gasteiger partial charge in [0.2, 0.25) is 10.0 Å². The van der Waals surface area contributed by atoms with E-state index in [1.165, 1.54) is 26.2 Å². The lowest BCUT2D eigenvalue weighted by Gasteiger charge is -2.13. The van der Waals surface area contributed by atoms with Crippen molar-refractivity contribution < 1.29 is 17.9 Å². The molecule has 3 rings (SSSR count). The number of halogens is 1. The first-order valence-electron chi connectivity index (χ1n) is 7.56. The van der Waals surface area contributed by atoms with Crippen molar-refractivity contribution >= 4 is 33.2 Å². The summed E-state index contributed by atoms with van der Waals surface area (Å²) in [5, 5.41) is 3.33. The van der Waals surface area contributed by atoms with E-state index in [-0.39, 0.29) is 10.8 Å². The number of anilines is 1. The number of nitrogens with one attached hydrogen (secondary N) is 1. The zero-order valence-electron chi connectivity index (χ0n) is 13.7. The van der Waals surface area contributed by atoms with Crippen LogP contribution in [0.15, 0.2) is 47.4 Å². The van der Waals surface area contributed by atoms with Crippen molar-refractivity contribution in [2.75, 3.05) is 19.4 Å². The van der Waals surface area contributed by atoms with Gasteiger partial charge in [-0.25, -0.2) is 12.7 Å². The van der Waals surface area contributed by atoms with Crippen LogP contribution in [0.2, 0.25) is 5.02 Å². The fourth-order valence-electron chi connectivity index (χ4n) is 2.51.